The smallest absolute Gasteiger partial charge is 0.422 e. The molecule has 0 fully saturated rings. The summed E-state index contributed by atoms with van der Waals surface area (Å²) in [5.41, 5.74) is 7.16. The lowest BCUT2D eigenvalue weighted by Crippen LogP contribution is -2.29. The Morgan fingerprint density at radius 3 is 2.58 bits per heavy atom. The molecule has 1 unspecified atom stereocenters. The molecule has 0 saturated heterocycles. The van der Waals surface area contributed by atoms with E-state index < -0.39 is 24.7 Å². The quantitative estimate of drug-likeness (QED) is 0.430. The van der Waals surface area contributed by atoms with Crippen molar-refractivity contribution >= 4 is 17.6 Å². The molecule has 11 heteroatoms. The lowest BCUT2D eigenvalue weighted by atomic mass is 10.1. The predicted octanol–water partition coefficient (Wildman–Crippen LogP) is 3.29. The third kappa shape index (κ3) is 8.11. The van der Waals surface area contributed by atoms with E-state index in [9.17, 15) is 18.0 Å². The van der Waals surface area contributed by atoms with Crippen molar-refractivity contribution in [2.45, 2.75) is 33.0 Å². The van der Waals surface area contributed by atoms with Crippen molar-refractivity contribution in [1.82, 2.24) is 15.3 Å². The first-order valence-electron chi connectivity index (χ1n) is 9.52. The first-order chi connectivity index (χ1) is 14.5. The van der Waals surface area contributed by atoms with Gasteiger partial charge in [-0.3, -0.25) is 14.8 Å². The highest BCUT2D eigenvalue weighted by Crippen LogP contribution is 2.20. The number of anilines is 1. The Kier molecular flexibility index (Phi) is 8.17. The van der Waals surface area contributed by atoms with E-state index in [2.05, 4.69) is 30.3 Å². The first-order valence-corrected chi connectivity index (χ1v) is 9.52. The molecular weight excluding hydrogens is 413 g/mol. The number of halogens is 3. The maximum absolute atomic E-state index is 12.7. The van der Waals surface area contributed by atoms with Crippen molar-refractivity contribution in [3.8, 4) is 5.88 Å². The van der Waals surface area contributed by atoms with Gasteiger partial charge in [-0.15, -0.1) is 0 Å². The normalized spacial score (nSPS) is 13.1. The Morgan fingerprint density at radius 1 is 1.23 bits per heavy atom. The third-order valence-electron chi connectivity index (χ3n) is 3.95. The van der Waals surface area contributed by atoms with Crippen molar-refractivity contribution in [3.63, 3.8) is 0 Å². The topological polar surface area (TPSA) is 115 Å². The molecule has 2 aromatic rings. The first kappa shape index (κ1) is 23.9. The van der Waals surface area contributed by atoms with Gasteiger partial charge in [-0.25, -0.2) is 4.98 Å². The van der Waals surface area contributed by atoms with Gasteiger partial charge in [0.25, 0.3) is 5.91 Å². The van der Waals surface area contributed by atoms with Gasteiger partial charge in [-0.1, -0.05) is 19.9 Å². The number of aromatic nitrogens is 2. The molecule has 1 atom stereocenters. The van der Waals surface area contributed by atoms with Crippen LogP contribution in [-0.2, 0) is 0 Å². The number of carbonyl (C=O) groups is 1. The number of nitrogens with one attached hydrogen (secondary N) is 2. The van der Waals surface area contributed by atoms with Crippen LogP contribution in [0, 0.1) is 5.92 Å². The van der Waals surface area contributed by atoms with E-state index in [0.29, 0.717) is 29.3 Å². The highest BCUT2D eigenvalue weighted by molar-refractivity contribution is 6.04. The second kappa shape index (κ2) is 10.6. The molecule has 0 aliphatic heterocycles. The molecule has 1 amide bonds. The number of hydrogen-bond acceptors (Lipinski definition) is 5. The molecular formula is C20H25F3N6O2. The number of aliphatic imine (C=N–C) groups is 1. The van der Waals surface area contributed by atoms with Gasteiger partial charge >= 0.3 is 6.18 Å². The fourth-order valence-corrected chi connectivity index (χ4v) is 2.40. The summed E-state index contributed by atoms with van der Waals surface area (Å²) in [6.45, 7) is 4.84. The molecule has 0 aliphatic carbocycles. The SMILES string of the molecule is CC(C)CN=C(N)Nc1cnccc1C(=O)NC(C)c1ccc(OCC(F)(F)F)nc1. The number of hydrogen-bond donors (Lipinski definition) is 3. The fourth-order valence-electron chi connectivity index (χ4n) is 2.40. The number of carbonyl (C=O) groups excluding carboxylic acids is 1. The molecule has 0 aliphatic rings. The zero-order chi connectivity index (χ0) is 23.0. The van der Waals surface area contributed by atoms with E-state index in [1.54, 1.807) is 6.92 Å². The van der Waals surface area contributed by atoms with Gasteiger partial charge in [0.2, 0.25) is 5.88 Å². The van der Waals surface area contributed by atoms with E-state index >= 15 is 0 Å². The zero-order valence-corrected chi connectivity index (χ0v) is 17.4. The summed E-state index contributed by atoms with van der Waals surface area (Å²) in [5.74, 6) is -0.0537. The van der Waals surface area contributed by atoms with Gasteiger partial charge in [-0.2, -0.15) is 13.2 Å². The third-order valence-corrected chi connectivity index (χ3v) is 3.95. The molecule has 0 radical (unpaired) electrons. The highest BCUT2D eigenvalue weighted by atomic mass is 19.4. The number of ether oxygens (including phenoxy) is 1. The molecule has 168 valence electrons. The van der Waals surface area contributed by atoms with Crippen LogP contribution in [0.2, 0.25) is 0 Å². The van der Waals surface area contributed by atoms with Gasteiger partial charge in [0, 0.05) is 25.0 Å². The van der Waals surface area contributed by atoms with Crippen LogP contribution in [0.15, 0.2) is 41.8 Å². The number of guanidine groups is 1. The van der Waals surface area contributed by atoms with E-state index in [-0.39, 0.29) is 11.8 Å². The Labute approximate surface area is 178 Å². The summed E-state index contributed by atoms with van der Waals surface area (Å²) >= 11 is 0. The number of alkyl halides is 3. The number of amides is 1. The van der Waals surface area contributed by atoms with Gasteiger partial charge in [0.1, 0.15) is 0 Å². The van der Waals surface area contributed by atoms with Crippen LogP contribution in [0.1, 0.15) is 42.7 Å². The molecule has 2 aromatic heterocycles. The molecule has 2 heterocycles. The average Bonchev–Trinajstić information content (AvgIpc) is 2.71. The van der Waals surface area contributed by atoms with E-state index in [4.69, 9.17) is 5.73 Å². The van der Waals surface area contributed by atoms with Crippen molar-refractivity contribution in [3.05, 3.63) is 47.9 Å². The van der Waals surface area contributed by atoms with Gasteiger partial charge in [-0.05, 0) is 24.5 Å². The van der Waals surface area contributed by atoms with Crippen LogP contribution in [0.4, 0.5) is 18.9 Å². The van der Waals surface area contributed by atoms with Crippen LogP contribution in [0.5, 0.6) is 5.88 Å². The summed E-state index contributed by atoms with van der Waals surface area (Å²) in [6, 6.07) is 3.91. The van der Waals surface area contributed by atoms with Crippen LogP contribution in [0.25, 0.3) is 0 Å². The zero-order valence-electron chi connectivity index (χ0n) is 17.4. The van der Waals surface area contributed by atoms with Gasteiger partial charge in [0.15, 0.2) is 12.6 Å². The van der Waals surface area contributed by atoms with Crippen molar-refractivity contribution in [2.75, 3.05) is 18.5 Å². The molecule has 31 heavy (non-hydrogen) atoms. The Bertz CT molecular complexity index is 901. The highest BCUT2D eigenvalue weighted by Gasteiger charge is 2.28. The summed E-state index contributed by atoms with van der Waals surface area (Å²) in [5, 5.41) is 5.68. The van der Waals surface area contributed by atoms with Crippen LogP contribution < -0.4 is 21.1 Å². The molecule has 4 N–H and O–H groups in total. The fraction of sp³-hybridized carbons (Fsp3) is 0.400. The van der Waals surface area contributed by atoms with Crippen LogP contribution in [0.3, 0.4) is 0 Å². The summed E-state index contributed by atoms with van der Waals surface area (Å²) in [6.07, 6.45) is -0.161. The summed E-state index contributed by atoms with van der Waals surface area (Å²) < 4.78 is 41.2. The lowest BCUT2D eigenvalue weighted by Gasteiger charge is -2.16. The Morgan fingerprint density at radius 2 is 1.97 bits per heavy atom. The number of nitrogens with zero attached hydrogens (tertiary/aromatic N) is 3. The number of nitrogens with two attached hydrogens (primary N) is 1. The number of rotatable bonds is 8. The number of pyridine rings is 2. The van der Waals surface area contributed by atoms with Gasteiger partial charge < -0.3 is 21.1 Å². The molecule has 0 saturated carbocycles. The Balaban J connectivity index is 2.04. The maximum Gasteiger partial charge on any atom is 0.422 e. The van der Waals surface area contributed by atoms with Crippen LogP contribution >= 0.6 is 0 Å². The standard InChI is InChI=1S/C20H25F3N6O2/c1-12(2)8-27-19(24)29-16-10-25-7-6-15(16)18(30)28-13(3)14-4-5-17(26-9-14)31-11-20(21,22)23/h4-7,9-10,12-13H,8,11H2,1-3H3,(H,28,30)(H3,24,27,29). The minimum absolute atomic E-state index is 0.156. The second-order valence-electron chi connectivity index (χ2n) is 7.19. The summed E-state index contributed by atoms with van der Waals surface area (Å²) in [4.78, 5) is 24.8. The molecule has 0 aromatic carbocycles. The predicted molar refractivity (Wildman–Crippen MR) is 111 cm³/mol. The minimum atomic E-state index is -4.44. The molecule has 0 bridgehead atoms. The average molecular weight is 438 g/mol. The maximum atomic E-state index is 12.7. The van der Waals surface area contributed by atoms with E-state index in [1.807, 2.05) is 13.8 Å². The van der Waals surface area contributed by atoms with E-state index in [0.717, 1.165) is 0 Å². The molecule has 0 spiro atoms. The molecule has 8 nitrogen and oxygen atoms in total. The van der Waals surface area contributed by atoms with Crippen molar-refractivity contribution in [1.29, 1.82) is 0 Å². The summed E-state index contributed by atoms with van der Waals surface area (Å²) in [7, 11) is 0. The largest absolute Gasteiger partial charge is 0.468 e. The lowest BCUT2D eigenvalue weighted by molar-refractivity contribution is -0.154. The Hall–Kier alpha value is -3.37. The van der Waals surface area contributed by atoms with Crippen LogP contribution in [-0.4, -0.2) is 41.2 Å². The monoisotopic (exact) mass is 438 g/mol. The van der Waals surface area contributed by atoms with E-state index in [1.165, 1.54) is 36.8 Å². The van der Waals surface area contributed by atoms with Crippen molar-refractivity contribution < 1.29 is 22.7 Å². The second-order valence-corrected chi connectivity index (χ2v) is 7.19. The minimum Gasteiger partial charge on any atom is -0.468 e. The van der Waals surface area contributed by atoms with Gasteiger partial charge in [0.05, 0.1) is 23.5 Å². The van der Waals surface area contributed by atoms with Crippen molar-refractivity contribution in [2.24, 2.45) is 16.6 Å². The molecule has 2 rings (SSSR count).